The molecule has 0 aromatic heterocycles. The average Bonchev–Trinajstić information content (AvgIpc) is 2.28. The molecule has 1 atom stereocenters. The number of aliphatic hydroxyl groups is 1. The molecule has 1 aliphatic rings. The lowest BCUT2D eigenvalue weighted by Gasteiger charge is -2.32. The van der Waals surface area contributed by atoms with E-state index in [-0.39, 0.29) is 18.2 Å². The molecule has 98 valence electrons. The molecule has 1 aliphatic heterocycles. The second kappa shape index (κ2) is 6.56. The Bertz CT molecular complexity index is 275. The van der Waals surface area contributed by atoms with Crippen LogP contribution in [-0.4, -0.2) is 59.8 Å². The first-order valence-electron chi connectivity index (χ1n) is 5.86. The molecule has 0 saturated carbocycles. The van der Waals surface area contributed by atoms with E-state index in [1.807, 2.05) is 4.90 Å². The van der Waals surface area contributed by atoms with Crippen LogP contribution in [0.2, 0.25) is 0 Å². The lowest BCUT2D eigenvalue weighted by Crippen LogP contribution is -2.42. The van der Waals surface area contributed by atoms with E-state index >= 15 is 0 Å². The molecule has 0 radical (unpaired) electrons. The summed E-state index contributed by atoms with van der Waals surface area (Å²) in [7, 11) is 1.63. The third-order valence-electron chi connectivity index (χ3n) is 3.08. The van der Waals surface area contributed by atoms with Crippen molar-refractivity contribution in [3.8, 4) is 0 Å². The molecule has 0 bridgehead atoms. The number of aliphatic hydroxyl groups excluding tert-OH is 1. The Balaban J connectivity index is 2.27. The minimum Gasteiger partial charge on any atom is -0.481 e. The van der Waals surface area contributed by atoms with Gasteiger partial charge in [0.2, 0.25) is 5.91 Å². The number of hydrogen-bond acceptors (Lipinski definition) is 4. The van der Waals surface area contributed by atoms with E-state index in [0.717, 1.165) is 25.9 Å². The summed E-state index contributed by atoms with van der Waals surface area (Å²) >= 11 is 0. The Morgan fingerprint density at radius 1 is 1.41 bits per heavy atom. The smallest absolute Gasteiger partial charge is 0.306 e. The fourth-order valence-corrected chi connectivity index (χ4v) is 2.15. The van der Waals surface area contributed by atoms with Gasteiger partial charge in [-0.1, -0.05) is 0 Å². The quantitative estimate of drug-likeness (QED) is 0.594. The number of carbonyl (C=O) groups is 2. The largest absolute Gasteiger partial charge is 0.481 e. The minimum absolute atomic E-state index is 0.0490. The van der Waals surface area contributed by atoms with Crippen molar-refractivity contribution >= 4 is 11.9 Å². The maximum Gasteiger partial charge on any atom is 0.306 e. The fraction of sp³-hybridized carbons (Fsp3) is 0.818. The molecule has 1 rings (SSSR count). The minimum atomic E-state index is -0.988. The molecule has 3 N–H and O–H groups in total. The first kappa shape index (κ1) is 13.9. The highest BCUT2D eigenvalue weighted by Crippen LogP contribution is 2.17. The van der Waals surface area contributed by atoms with E-state index in [1.54, 1.807) is 7.05 Å². The molecule has 1 amide bonds. The Labute approximate surface area is 101 Å². The number of carboxylic acids is 1. The van der Waals surface area contributed by atoms with Gasteiger partial charge in [0, 0.05) is 19.5 Å². The van der Waals surface area contributed by atoms with Crippen molar-refractivity contribution in [2.24, 2.45) is 5.92 Å². The SMILES string of the molecule is CNC(=O)C1CCN(CC(O)CC(=O)O)CC1. The Hall–Kier alpha value is -1.14. The van der Waals surface area contributed by atoms with Crippen LogP contribution in [-0.2, 0) is 9.59 Å². The number of β-amino-alcohol motifs (C(OH)–C–C–N with tert-alkyl or cyclic N) is 1. The van der Waals surface area contributed by atoms with E-state index in [9.17, 15) is 14.7 Å². The number of aliphatic carboxylic acids is 1. The van der Waals surface area contributed by atoms with Gasteiger partial charge in [-0.05, 0) is 25.9 Å². The lowest BCUT2D eigenvalue weighted by atomic mass is 9.95. The van der Waals surface area contributed by atoms with Crippen LogP contribution >= 0.6 is 0 Å². The molecule has 6 nitrogen and oxygen atoms in total. The van der Waals surface area contributed by atoms with E-state index in [2.05, 4.69) is 5.32 Å². The maximum atomic E-state index is 11.4. The average molecular weight is 244 g/mol. The Morgan fingerprint density at radius 2 is 2.00 bits per heavy atom. The zero-order valence-corrected chi connectivity index (χ0v) is 10.1. The van der Waals surface area contributed by atoms with Gasteiger partial charge in [0.1, 0.15) is 0 Å². The van der Waals surface area contributed by atoms with E-state index in [0.29, 0.717) is 6.54 Å². The molecule has 17 heavy (non-hydrogen) atoms. The van der Waals surface area contributed by atoms with Crippen molar-refractivity contribution in [3.63, 3.8) is 0 Å². The van der Waals surface area contributed by atoms with E-state index in [4.69, 9.17) is 5.11 Å². The molecule has 1 unspecified atom stereocenters. The number of carboxylic acid groups (broad SMARTS) is 1. The number of nitrogens with one attached hydrogen (secondary N) is 1. The Kier molecular flexibility index (Phi) is 5.37. The van der Waals surface area contributed by atoms with Crippen LogP contribution in [0.3, 0.4) is 0 Å². The highest BCUT2D eigenvalue weighted by atomic mass is 16.4. The monoisotopic (exact) mass is 244 g/mol. The lowest BCUT2D eigenvalue weighted by molar-refractivity contribution is -0.139. The van der Waals surface area contributed by atoms with Gasteiger partial charge < -0.3 is 20.4 Å². The summed E-state index contributed by atoms with van der Waals surface area (Å²) in [5.41, 5.74) is 0. The number of hydrogen-bond donors (Lipinski definition) is 3. The molecule has 0 aliphatic carbocycles. The topological polar surface area (TPSA) is 89.9 Å². The van der Waals surface area contributed by atoms with Crippen molar-refractivity contribution in [3.05, 3.63) is 0 Å². The second-order valence-electron chi connectivity index (χ2n) is 4.44. The summed E-state index contributed by atoms with van der Waals surface area (Å²) < 4.78 is 0. The standard InChI is InChI=1S/C11H20N2O4/c1-12-11(17)8-2-4-13(5-3-8)7-9(14)6-10(15)16/h8-9,14H,2-7H2,1H3,(H,12,17)(H,15,16). The van der Waals surface area contributed by atoms with Crippen LogP contribution in [0.4, 0.5) is 0 Å². The molecule has 6 heteroatoms. The highest BCUT2D eigenvalue weighted by Gasteiger charge is 2.25. The number of nitrogens with zero attached hydrogens (tertiary/aromatic N) is 1. The summed E-state index contributed by atoms with van der Waals surface area (Å²) in [6, 6.07) is 0. The van der Waals surface area contributed by atoms with Crippen LogP contribution in [0, 0.1) is 5.92 Å². The highest BCUT2D eigenvalue weighted by molar-refractivity contribution is 5.78. The van der Waals surface area contributed by atoms with Crippen LogP contribution in [0.5, 0.6) is 0 Å². The van der Waals surface area contributed by atoms with Gasteiger partial charge in [-0.2, -0.15) is 0 Å². The second-order valence-corrected chi connectivity index (χ2v) is 4.44. The predicted octanol–water partition coefficient (Wildman–Crippen LogP) is -0.720. The number of carbonyl (C=O) groups excluding carboxylic acids is 1. The third kappa shape index (κ3) is 4.70. The van der Waals surface area contributed by atoms with Gasteiger partial charge in [0.15, 0.2) is 0 Å². The number of rotatable bonds is 5. The summed E-state index contributed by atoms with van der Waals surface area (Å²) in [5.74, 6) is -0.874. The van der Waals surface area contributed by atoms with Crippen LogP contribution in [0.25, 0.3) is 0 Å². The summed E-state index contributed by atoms with van der Waals surface area (Å²) in [6.07, 6.45) is 0.470. The first-order valence-corrected chi connectivity index (χ1v) is 5.86. The molecule has 0 spiro atoms. The van der Waals surface area contributed by atoms with Gasteiger partial charge in [0.25, 0.3) is 0 Å². The van der Waals surface area contributed by atoms with Gasteiger partial charge in [-0.3, -0.25) is 9.59 Å². The molecule has 1 heterocycles. The summed E-state index contributed by atoms with van der Waals surface area (Å²) in [4.78, 5) is 23.8. The normalized spacial score (nSPS) is 19.9. The van der Waals surface area contributed by atoms with Gasteiger partial charge in [-0.15, -0.1) is 0 Å². The van der Waals surface area contributed by atoms with Crippen molar-refractivity contribution < 1.29 is 19.8 Å². The van der Waals surface area contributed by atoms with Gasteiger partial charge >= 0.3 is 5.97 Å². The number of amides is 1. The number of likely N-dealkylation sites (tertiary alicyclic amines) is 1. The molecular formula is C11H20N2O4. The molecule has 0 aromatic carbocycles. The van der Waals surface area contributed by atoms with Crippen LogP contribution in [0.15, 0.2) is 0 Å². The summed E-state index contributed by atoms with van der Waals surface area (Å²) in [6.45, 7) is 1.83. The molecule has 1 saturated heterocycles. The third-order valence-corrected chi connectivity index (χ3v) is 3.08. The zero-order valence-electron chi connectivity index (χ0n) is 10.1. The maximum absolute atomic E-state index is 11.4. The summed E-state index contributed by atoms with van der Waals surface area (Å²) in [5, 5.41) is 20.7. The molecule has 1 fully saturated rings. The van der Waals surface area contributed by atoms with Crippen molar-refractivity contribution in [2.45, 2.75) is 25.4 Å². The van der Waals surface area contributed by atoms with Crippen LogP contribution in [0.1, 0.15) is 19.3 Å². The molecular weight excluding hydrogens is 224 g/mol. The zero-order chi connectivity index (χ0) is 12.8. The van der Waals surface area contributed by atoms with Crippen molar-refractivity contribution in [1.82, 2.24) is 10.2 Å². The van der Waals surface area contributed by atoms with Crippen molar-refractivity contribution in [1.29, 1.82) is 0 Å². The van der Waals surface area contributed by atoms with Gasteiger partial charge in [-0.25, -0.2) is 0 Å². The van der Waals surface area contributed by atoms with Crippen molar-refractivity contribution in [2.75, 3.05) is 26.7 Å². The van der Waals surface area contributed by atoms with E-state index in [1.165, 1.54) is 0 Å². The van der Waals surface area contributed by atoms with Gasteiger partial charge in [0.05, 0.1) is 12.5 Å². The number of piperidine rings is 1. The van der Waals surface area contributed by atoms with E-state index < -0.39 is 12.1 Å². The van der Waals surface area contributed by atoms with Crippen LogP contribution < -0.4 is 5.32 Å². The Morgan fingerprint density at radius 3 is 2.47 bits per heavy atom. The first-order chi connectivity index (χ1) is 8.02. The fourth-order valence-electron chi connectivity index (χ4n) is 2.15. The molecule has 0 aromatic rings. The predicted molar refractivity (Wildman–Crippen MR) is 61.5 cm³/mol.